The van der Waals surface area contributed by atoms with E-state index in [-0.39, 0.29) is 5.78 Å². The van der Waals surface area contributed by atoms with Crippen LogP contribution in [0.25, 0.3) is 0 Å². The third kappa shape index (κ3) is 5.75. The zero-order valence-corrected chi connectivity index (χ0v) is 18.3. The average Bonchev–Trinajstić information content (AvgIpc) is 2.78. The van der Waals surface area contributed by atoms with Gasteiger partial charge in [0.2, 0.25) is 0 Å². The lowest BCUT2D eigenvalue weighted by Crippen LogP contribution is -2.19. The Morgan fingerprint density at radius 1 is 0.900 bits per heavy atom. The molecule has 5 nitrogen and oxygen atoms in total. The number of carbonyl (C=O) groups excluding carboxylic acids is 1. The van der Waals surface area contributed by atoms with E-state index in [1.54, 1.807) is 26.4 Å². The topological polar surface area (TPSA) is 59.6 Å². The van der Waals surface area contributed by atoms with Crippen LogP contribution in [0.5, 0.6) is 11.5 Å². The molecule has 7 heteroatoms. The van der Waals surface area contributed by atoms with Crippen molar-refractivity contribution in [3.05, 3.63) is 78.4 Å². The van der Waals surface area contributed by atoms with Crippen LogP contribution in [0.2, 0.25) is 0 Å². The maximum absolute atomic E-state index is 12.6. The standard InChI is InChI=1S/C23H22N2O3S2/c1-27-21-12-5-3-10-18(21)20(26)15-30-17-9-7-8-16(14-17)24-23(29)25-19-11-4-6-13-22(19)28-2/h3-14H,15H2,1-2H3,(H2,24,25,29). The third-order valence-electron chi connectivity index (χ3n) is 4.22. The molecule has 0 aliphatic heterocycles. The summed E-state index contributed by atoms with van der Waals surface area (Å²) in [5.74, 6) is 1.63. The van der Waals surface area contributed by atoms with Gasteiger partial charge in [0.25, 0.3) is 0 Å². The molecule has 0 spiro atoms. The number of anilines is 2. The Kier molecular flexibility index (Phi) is 7.70. The quantitative estimate of drug-likeness (QED) is 0.274. The molecule has 0 aromatic heterocycles. The second-order valence-corrected chi connectivity index (χ2v) is 7.68. The van der Waals surface area contributed by atoms with Gasteiger partial charge in [-0.2, -0.15) is 0 Å². The number of benzene rings is 3. The van der Waals surface area contributed by atoms with E-state index in [0.29, 0.717) is 27.9 Å². The van der Waals surface area contributed by atoms with Gasteiger partial charge in [0.1, 0.15) is 11.5 Å². The summed E-state index contributed by atoms with van der Waals surface area (Å²) in [6.07, 6.45) is 0. The fourth-order valence-corrected chi connectivity index (χ4v) is 3.86. The summed E-state index contributed by atoms with van der Waals surface area (Å²) in [6.45, 7) is 0. The fourth-order valence-electron chi connectivity index (χ4n) is 2.80. The van der Waals surface area contributed by atoms with Crippen LogP contribution in [0, 0.1) is 0 Å². The van der Waals surface area contributed by atoms with Crippen LogP contribution in [0.1, 0.15) is 10.4 Å². The first-order valence-corrected chi connectivity index (χ1v) is 10.6. The van der Waals surface area contributed by atoms with Crippen molar-refractivity contribution in [1.82, 2.24) is 0 Å². The number of nitrogens with one attached hydrogen (secondary N) is 2. The molecule has 0 atom stereocenters. The van der Waals surface area contributed by atoms with Crippen LogP contribution in [0.15, 0.2) is 77.7 Å². The van der Waals surface area contributed by atoms with Crippen molar-refractivity contribution in [1.29, 1.82) is 0 Å². The molecule has 0 fully saturated rings. The van der Waals surface area contributed by atoms with Gasteiger partial charge in [-0.05, 0) is 54.7 Å². The molecule has 0 aliphatic rings. The summed E-state index contributed by atoms with van der Waals surface area (Å²) in [7, 11) is 3.18. The van der Waals surface area contributed by atoms with Gasteiger partial charge in [0.15, 0.2) is 10.9 Å². The van der Waals surface area contributed by atoms with Gasteiger partial charge in [0.05, 0.1) is 31.2 Å². The van der Waals surface area contributed by atoms with Crippen LogP contribution < -0.4 is 20.1 Å². The Morgan fingerprint density at radius 3 is 2.37 bits per heavy atom. The SMILES string of the molecule is COc1ccccc1NC(=S)Nc1cccc(SCC(=O)c2ccccc2OC)c1. The molecular weight excluding hydrogens is 416 g/mol. The number of hydrogen-bond acceptors (Lipinski definition) is 5. The highest BCUT2D eigenvalue weighted by molar-refractivity contribution is 8.00. The molecule has 0 amide bonds. The highest BCUT2D eigenvalue weighted by Gasteiger charge is 2.12. The Morgan fingerprint density at radius 2 is 1.60 bits per heavy atom. The third-order valence-corrected chi connectivity index (χ3v) is 5.42. The maximum atomic E-state index is 12.6. The molecule has 0 unspecified atom stereocenters. The second-order valence-electron chi connectivity index (χ2n) is 6.22. The minimum absolute atomic E-state index is 0.0178. The van der Waals surface area contributed by atoms with Gasteiger partial charge in [-0.15, -0.1) is 11.8 Å². The molecular formula is C23H22N2O3S2. The average molecular weight is 439 g/mol. The predicted molar refractivity (Wildman–Crippen MR) is 127 cm³/mol. The molecule has 3 aromatic carbocycles. The predicted octanol–water partition coefficient (Wildman–Crippen LogP) is 5.49. The largest absolute Gasteiger partial charge is 0.496 e. The number of rotatable bonds is 8. The number of thioether (sulfide) groups is 1. The van der Waals surface area contributed by atoms with E-state index in [9.17, 15) is 4.79 Å². The second kappa shape index (κ2) is 10.7. The van der Waals surface area contributed by atoms with E-state index in [0.717, 1.165) is 16.3 Å². The van der Waals surface area contributed by atoms with E-state index in [2.05, 4.69) is 10.6 Å². The molecule has 30 heavy (non-hydrogen) atoms. The first kappa shape index (κ1) is 21.7. The Hall–Kier alpha value is -3.03. The van der Waals surface area contributed by atoms with Crippen molar-refractivity contribution in [2.45, 2.75) is 4.90 Å². The smallest absolute Gasteiger partial charge is 0.176 e. The number of Topliss-reactive ketones (excluding diaryl/α,β-unsaturated/α-hetero) is 1. The van der Waals surface area contributed by atoms with E-state index in [4.69, 9.17) is 21.7 Å². The number of thiocarbonyl (C=S) groups is 1. The molecule has 0 bridgehead atoms. The molecule has 2 N–H and O–H groups in total. The maximum Gasteiger partial charge on any atom is 0.176 e. The molecule has 0 saturated carbocycles. The summed E-state index contributed by atoms with van der Waals surface area (Å²) in [5.41, 5.74) is 2.20. The number of carbonyl (C=O) groups is 1. The Bertz CT molecular complexity index is 1040. The van der Waals surface area contributed by atoms with Crippen molar-refractivity contribution >= 4 is 46.3 Å². The lowest BCUT2D eigenvalue weighted by molar-refractivity contribution is 0.101. The lowest BCUT2D eigenvalue weighted by Gasteiger charge is -2.14. The highest BCUT2D eigenvalue weighted by Crippen LogP contribution is 2.26. The first-order chi connectivity index (χ1) is 14.6. The molecule has 0 saturated heterocycles. The van der Waals surface area contributed by atoms with Crippen molar-refractivity contribution in [3.8, 4) is 11.5 Å². The molecule has 0 heterocycles. The van der Waals surface area contributed by atoms with Crippen LogP contribution in [-0.4, -0.2) is 30.9 Å². The van der Waals surface area contributed by atoms with E-state index >= 15 is 0 Å². The number of ether oxygens (including phenoxy) is 2. The number of methoxy groups -OCH3 is 2. The Balaban J connectivity index is 1.60. The van der Waals surface area contributed by atoms with Crippen LogP contribution in [-0.2, 0) is 0 Å². The molecule has 0 aliphatic carbocycles. The minimum Gasteiger partial charge on any atom is -0.496 e. The van der Waals surface area contributed by atoms with Crippen molar-refractivity contribution in [2.75, 3.05) is 30.6 Å². The van der Waals surface area contributed by atoms with Crippen molar-refractivity contribution in [2.24, 2.45) is 0 Å². The van der Waals surface area contributed by atoms with Gasteiger partial charge in [-0.1, -0.05) is 30.3 Å². The fraction of sp³-hybridized carbons (Fsp3) is 0.130. The van der Waals surface area contributed by atoms with Crippen LogP contribution >= 0.6 is 24.0 Å². The van der Waals surface area contributed by atoms with Crippen LogP contribution in [0.4, 0.5) is 11.4 Å². The van der Waals surface area contributed by atoms with E-state index < -0.39 is 0 Å². The van der Waals surface area contributed by atoms with E-state index in [1.807, 2.05) is 60.7 Å². The van der Waals surface area contributed by atoms with Gasteiger partial charge in [0, 0.05) is 10.6 Å². The summed E-state index contributed by atoms with van der Waals surface area (Å²) in [6, 6.07) is 22.6. The number of ketones is 1. The molecule has 3 rings (SSSR count). The summed E-state index contributed by atoms with van der Waals surface area (Å²) >= 11 is 6.88. The summed E-state index contributed by atoms with van der Waals surface area (Å²) < 4.78 is 10.6. The number of para-hydroxylation sites is 3. The van der Waals surface area contributed by atoms with Gasteiger partial charge < -0.3 is 20.1 Å². The molecule has 3 aromatic rings. The summed E-state index contributed by atoms with van der Waals surface area (Å²) in [5, 5.41) is 6.75. The van der Waals surface area contributed by atoms with Crippen LogP contribution in [0.3, 0.4) is 0 Å². The highest BCUT2D eigenvalue weighted by atomic mass is 32.2. The van der Waals surface area contributed by atoms with Gasteiger partial charge in [-0.25, -0.2) is 0 Å². The zero-order valence-electron chi connectivity index (χ0n) is 16.7. The lowest BCUT2D eigenvalue weighted by atomic mass is 10.1. The monoisotopic (exact) mass is 438 g/mol. The normalized spacial score (nSPS) is 10.2. The minimum atomic E-state index is 0.0178. The van der Waals surface area contributed by atoms with Gasteiger partial charge >= 0.3 is 0 Å². The molecule has 154 valence electrons. The zero-order chi connectivity index (χ0) is 21.3. The van der Waals surface area contributed by atoms with Crippen molar-refractivity contribution in [3.63, 3.8) is 0 Å². The number of hydrogen-bond donors (Lipinski definition) is 2. The van der Waals surface area contributed by atoms with Gasteiger partial charge in [-0.3, -0.25) is 4.79 Å². The van der Waals surface area contributed by atoms with Crippen molar-refractivity contribution < 1.29 is 14.3 Å². The molecule has 0 radical (unpaired) electrons. The van der Waals surface area contributed by atoms with E-state index in [1.165, 1.54) is 11.8 Å². The Labute approximate surface area is 185 Å². The first-order valence-electron chi connectivity index (χ1n) is 9.21. The summed E-state index contributed by atoms with van der Waals surface area (Å²) in [4.78, 5) is 13.5.